The lowest BCUT2D eigenvalue weighted by atomic mass is 10.4. The van der Waals surface area contributed by atoms with Crippen LogP contribution in [-0.4, -0.2) is 35.3 Å². The van der Waals surface area contributed by atoms with E-state index >= 15 is 0 Å². The predicted molar refractivity (Wildman–Crippen MR) is 68.0 cm³/mol. The molecule has 1 saturated carbocycles. The Balaban J connectivity index is 1.56. The normalized spacial score (nSPS) is 15.8. The van der Waals surface area contributed by atoms with E-state index in [4.69, 9.17) is 0 Å². The van der Waals surface area contributed by atoms with Gasteiger partial charge in [0.2, 0.25) is 0 Å². The summed E-state index contributed by atoms with van der Waals surface area (Å²) in [4.78, 5) is 0. The van der Waals surface area contributed by atoms with E-state index < -0.39 is 0 Å². The van der Waals surface area contributed by atoms with Crippen LogP contribution in [0.3, 0.4) is 0 Å². The van der Waals surface area contributed by atoms with Crippen molar-refractivity contribution in [1.82, 2.24) is 15.5 Å². The molecule has 84 valence electrons. The number of nitrogens with one attached hydrogen (secondary N) is 1. The van der Waals surface area contributed by atoms with E-state index in [1.54, 1.807) is 34.9 Å². The maximum atomic E-state index is 4.11. The first kappa shape index (κ1) is 11.7. The zero-order valence-electron chi connectivity index (χ0n) is 8.73. The summed E-state index contributed by atoms with van der Waals surface area (Å²) in [6.45, 7) is 2.28. The first-order valence-electron chi connectivity index (χ1n) is 5.09. The number of rotatable bonds is 7. The van der Waals surface area contributed by atoms with Crippen LogP contribution in [0.15, 0.2) is 8.68 Å². The maximum absolute atomic E-state index is 4.11. The van der Waals surface area contributed by atoms with E-state index in [1.165, 1.54) is 19.4 Å². The van der Waals surface area contributed by atoms with Gasteiger partial charge < -0.3 is 5.32 Å². The molecule has 1 N–H and O–H groups in total. The smallest absolute Gasteiger partial charge is 0.175 e. The molecule has 0 spiro atoms. The highest BCUT2D eigenvalue weighted by molar-refractivity contribution is 8.02. The standard InChI is InChI=1S/C9H15N3S3/c1-13-8-11-12-9(15-8)14-5-4-10-6-7-2-3-7/h7,10H,2-6H2,1H3. The molecule has 6 heteroatoms. The van der Waals surface area contributed by atoms with Crippen molar-refractivity contribution in [3.05, 3.63) is 0 Å². The Hall–Kier alpha value is 0.220. The van der Waals surface area contributed by atoms with Gasteiger partial charge in [-0.05, 0) is 31.6 Å². The van der Waals surface area contributed by atoms with E-state index in [2.05, 4.69) is 15.5 Å². The van der Waals surface area contributed by atoms with Crippen LogP contribution in [0.25, 0.3) is 0 Å². The zero-order valence-corrected chi connectivity index (χ0v) is 11.2. The summed E-state index contributed by atoms with van der Waals surface area (Å²) in [6.07, 6.45) is 4.88. The summed E-state index contributed by atoms with van der Waals surface area (Å²) >= 11 is 5.14. The molecule has 1 aromatic rings. The molecule has 3 nitrogen and oxygen atoms in total. The molecule has 0 aliphatic heterocycles. The lowest BCUT2D eigenvalue weighted by Gasteiger charge is -2.00. The average Bonchev–Trinajstić information content (AvgIpc) is 2.96. The molecule has 15 heavy (non-hydrogen) atoms. The van der Waals surface area contributed by atoms with E-state index in [-0.39, 0.29) is 0 Å². The summed E-state index contributed by atoms with van der Waals surface area (Å²) in [6, 6.07) is 0. The lowest BCUT2D eigenvalue weighted by molar-refractivity contribution is 0.666. The third-order valence-corrected chi connectivity index (χ3v) is 5.23. The molecule has 1 aliphatic carbocycles. The fourth-order valence-corrected chi connectivity index (χ4v) is 3.58. The minimum Gasteiger partial charge on any atom is -0.316 e. The molecule has 0 radical (unpaired) electrons. The van der Waals surface area contributed by atoms with Crippen LogP contribution in [0.2, 0.25) is 0 Å². The van der Waals surface area contributed by atoms with Gasteiger partial charge >= 0.3 is 0 Å². The van der Waals surface area contributed by atoms with Crippen molar-refractivity contribution in [2.24, 2.45) is 5.92 Å². The third kappa shape index (κ3) is 4.30. The average molecular weight is 261 g/mol. The fraction of sp³-hybridized carbons (Fsp3) is 0.778. The van der Waals surface area contributed by atoms with Gasteiger partial charge in [-0.3, -0.25) is 0 Å². The largest absolute Gasteiger partial charge is 0.316 e. The predicted octanol–water partition coefficient (Wildman–Crippen LogP) is 2.35. The molecule has 0 unspecified atom stereocenters. The Morgan fingerprint density at radius 2 is 2.20 bits per heavy atom. The molecule has 0 amide bonds. The van der Waals surface area contributed by atoms with Crippen LogP contribution in [0.1, 0.15) is 12.8 Å². The number of hydrogen-bond donors (Lipinski definition) is 1. The van der Waals surface area contributed by atoms with Crippen molar-refractivity contribution in [3.63, 3.8) is 0 Å². The second-order valence-electron chi connectivity index (χ2n) is 3.53. The molecule has 1 heterocycles. The molecule has 0 atom stereocenters. The number of nitrogens with zero attached hydrogens (tertiary/aromatic N) is 2. The second kappa shape index (κ2) is 6.08. The molecule has 0 aromatic carbocycles. The maximum Gasteiger partial charge on any atom is 0.175 e. The monoisotopic (exact) mass is 261 g/mol. The van der Waals surface area contributed by atoms with Crippen LogP contribution in [0.4, 0.5) is 0 Å². The number of thioether (sulfide) groups is 2. The van der Waals surface area contributed by atoms with E-state index in [1.807, 2.05) is 6.26 Å². The topological polar surface area (TPSA) is 37.8 Å². The van der Waals surface area contributed by atoms with Gasteiger partial charge in [-0.25, -0.2) is 0 Å². The van der Waals surface area contributed by atoms with Crippen LogP contribution < -0.4 is 5.32 Å². The van der Waals surface area contributed by atoms with Crippen molar-refractivity contribution >= 4 is 34.9 Å². The Kier molecular flexibility index (Phi) is 4.74. The summed E-state index contributed by atoms with van der Waals surface area (Å²) in [5.74, 6) is 2.06. The Bertz CT molecular complexity index is 299. The molecular weight excluding hydrogens is 246 g/mol. The highest BCUT2D eigenvalue weighted by atomic mass is 32.2. The molecule has 1 fully saturated rings. The minimum absolute atomic E-state index is 0.972. The molecular formula is C9H15N3S3. The lowest BCUT2D eigenvalue weighted by Crippen LogP contribution is -2.19. The van der Waals surface area contributed by atoms with Gasteiger partial charge in [0.25, 0.3) is 0 Å². The first-order chi connectivity index (χ1) is 7.38. The van der Waals surface area contributed by atoms with Crippen molar-refractivity contribution in [3.8, 4) is 0 Å². The molecule has 1 aliphatic rings. The van der Waals surface area contributed by atoms with Crippen molar-refractivity contribution < 1.29 is 0 Å². The van der Waals surface area contributed by atoms with E-state index in [0.29, 0.717) is 0 Å². The summed E-state index contributed by atoms with van der Waals surface area (Å²) in [5, 5.41) is 11.6. The minimum atomic E-state index is 0.972. The van der Waals surface area contributed by atoms with Crippen molar-refractivity contribution in [2.45, 2.75) is 21.5 Å². The fourth-order valence-electron chi connectivity index (χ4n) is 1.18. The summed E-state index contributed by atoms with van der Waals surface area (Å²) in [5.41, 5.74) is 0. The summed E-state index contributed by atoms with van der Waals surface area (Å²) in [7, 11) is 0. The Morgan fingerprint density at radius 3 is 2.87 bits per heavy atom. The van der Waals surface area contributed by atoms with Crippen LogP contribution in [-0.2, 0) is 0 Å². The molecule has 0 bridgehead atoms. The van der Waals surface area contributed by atoms with Gasteiger partial charge in [0.15, 0.2) is 8.68 Å². The van der Waals surface area contributed by atoms with Gasteiger partial charge in [0.1, 0.15) is 0 Å². The highest BCUT2D eigenvalue weighted by Crippen LogP contribution is 2.28. The van der Waals surface area contributed by atoms with Gasteiger partial charge in [-0.15, -0.1) is 10.2 Å². The highest BCUT2D eigenvalue weighted by Gasteiger charge is 2.19. The molecule has 0 saturated heterocycles. The van der Waals surface area contributed by atoms with Crippen LogP contribution in [0, 0.1) is 5.92 Å². The molecule has 2 rings (SSSR count). The second-order valence-corrected chi connectivity index (χ2v) is 6.91. The van der Waals surface area contributed by atoms with Gasteiger partial charge in [0, 0.05) is 12.3 Å². The number of aromatic nitrogens is 2. The first-order valence-corrected chi connectivity index (χ1v) is 8.12. The van der Waals surface area contributed by atoms with Crippen molar-refractivity contribution in [2.75, 3.05) is 25.1 Å². The Morgan fingerprint density at radius 1 is 1.40 bits per heavy atom. The van der Waals surface area contributed by atoms with E-state index in [9.17, 15) is 0 Å². The van der Waals surface area contributed by atoms with E-state index in [0.717, 1.165) is 26.9 Å². The third-order valence-electron chi connectivity index (χ3n) is 2.20. The van der Waals surface area contributed by atoms with Gasteiger partial charge in [0.05, 0.1) is 0 Å². The summed E-state index contributed by atoms with van der Waals surface area (Å²) < 4.78 is 2.15. The van der Waals surface area contributed by atoms with Crippen LogP contribution in [0.5, 0.6) is 0 Å². The zero-order chi connectivity index (χ0) is 10.5. The van der Waals surface area contributed by atoms with Crippen molar-refractivity contribution in [1.29, 1.82) is 0 Å². The Labute approximate surface area is 103 Å². The number of hydrogen-bond acceptors (Lipinski definition) is 6. The van der Waals surface area contributed by atoms with Gasteiger partial charge in [-0.1, -0.05) is 34.9 Å². The quantitative estimate of drug-likeness (QED) is 0.602. The molecule has 1 aromatic heterocycles. The van der Waals surface area contributed by atoms with Crippen LogP contribution >= 0.6 is 34.9 Å². The van der Waals surface area contributed by atoms with Gasteiger partial charge in [-0.2, -0.15) is 0 Å². The SMILES string of the molecule is CSc1nnc(SCCNCC2CC2)s1.